The molecule has 35 heavy (non-hydrogen) atoms. The van der Waals surface area contributed by atoms with Crippen LogP contribution in [0.2, 0.25) is 0 Å². The van der Waals surface area contributed by atoms with Gasteiger partial charge in [0.25, 0.3) is 14.1 Å². The molecular weight excluding hydrogens is 448 g/mol. The third-order valence-corrected chi connectivity index (χ3v) is 11.3. The van der Waals surface area contributed by atoms with E-state index in [2.05, 4.69) is 36.4 Å². The van der Waals surface area contributed by atoms with Crippen LogP contribution in [0.1, 0.15) is 25.5 Å². The van der Waals surface area contributed by atoms with E-state index in [0.29, 0.717) is 0 Å². The lowest BCUT2D eigenvalue weighted by molar-refractivity contribution is -0.125. The lowest BCUT2D eigenvalue weighted by Crippen LogP contribution is -2.78. The van der Waals surface area contributed by atoms with Gasteiger partial charge in [-0.1, -0.05) is 121 Å². The van der Waals surface area contributed by atoms with Crippen molar-refractivity contribution in [2.75, 3.05) is 0 Å². The molecule has 0 spiro atoms. The standard InChI is InChI=1S/C30H28N2O2Si/c1-23(2)31-28(24-15-7-3-8-16-24)29(33)32(30(31)34)35(25-17-9-4-10-18-25,26-19-11-5-12-20-26)27-21-13-6-14-22-27/h3-23,28H,1-2H3. The van der Waals surface area contributed by atoms with Gasteiger partial charge in [-0.25, -0.2) is 4.79 Å². The van der Waals surface area contributed by atoms with Crippen molar-refractivity contribution in [2.24, 2.45) is 0 Å². The third-order valence-electron chi connectivity index (χ3n) is 6.73. The smallest absolute Gasteiger partial charge is 0.306 e. The molecule has 3 amide bonds. The molecule has 5 rings (SSSR count). The Morgan fingerprint density at radius 2 is 0.971 bits per heavy atom. The van der Waals surface area contributed by atoms with E-state index >= 15 is 0 Å². The van der Waals surface area contributed by atoms with Crippen LogP contribution in [0.3, 0.4) is 0 Å². The second kappa shape index (κ2) is 9.35. The average molecular weight is 477 g/mol. The van der Waals surface area contributed by atoms with Gasteiger partial charge in [0.2, 0.25) is 0 Å². The summed E-state index contributed by atoms with van der Waals surface area (Å²) in [6, 6.07) is 38.8. The SMILES string of the molecule is CC(C)N1C(=O)N([Si](c2ccccc2)(c2ccccc2)c2ccccc2)C(=O)C1c1ccccc1. The van der Waals surface area contributed by atoms with Crippen molar-refractivity contribution in [3.05, 3.63) is 127 Å². The topological polar surface area (TPSA) is 40.6 Å². The predicted molar refractivity (Wildman–Crippen MR) is 142 cm³/mol. The molecule has 0 N–H and O–H groups in total. The molecule has 4 aromatic carbocycles. The van der Waals surface area contributed by atoms with Gasteiger partial charge < -0.3 is 4.90 Å². The lowest BCUT2D eigenvalue weighted by Gasteiger charge is -2.39. The first-order chi connectivity index (χ1) is 17.1. The number of benzene rings is 4. The fourth-order valence-corrected chi connectivity index (χ4v) is 9.91. The molecule has 5 heteroatoms. The Morgan fingerprint density at radius 1 is 0.600 bits per heavy atom. The monoisotopic (exact) mass is 476 g/mol. The van der Waals surface area contributed by atoms with Gasteiger partial charge in [0.15, 0.2) is 0 Å². The van der Waals surface area contributed by atoms with Gasteiger partial charge in [0, 0.05) is 6.04 Å². The van der Waals surface area contributed by atoms with E-state index in [-0.39, 0.29) is 18.0 Å². The second-order valence-electron chi connectivity index (χ2n) is 9.08. The maximum atomic E-state index is 14.5. The van der Waals surface area contributed by atoms with Gasteiger partial charge in [-0.2, -0.15) is 0 Å². The molecule has 0 bridgehead atoms. The Balaban J connectivity index is 1.84. The number of hydrogen-bond donors (Lipinski definition) is 0. The summed E-state index contributed by atoms with van der Waals surface area (Å²) in [5.41, 5.74) is 0.833. The normalized spacial score (nSPS) is 16.3. The number of hydrogen-bond acceptors (Lipinski definition) is 2. The minimum Gasteiger partial charge on any atom is -0.306 e. The number of carbonyl (C=O) groups is 2. The number of nitrogens with zero attached hydrogens (tertiary/aromatic N) is 2. The number of rotatable bonds is 6. The zero-order valence-electron chi connectivity index (χ0n) is 19.9. The summed E-state index contributed by atoms with van der Waals surface area (Å²) >= 11 is 0. The number of imide groups is 1. The Labute approximate surface area is 207 Å². The Morgan fingerprint density at radius 3 is 1.34 bits per heavy atom. The summed E-state index contributed by atoms with van der Waals surface area (Å²) in [6.07, 6.45) is 0. The highest BCUT2D eigenvalue weighted by atomic mass is 28.3. The highest BCUT2D eigenvalue weighted by molar-refractivity contribution is 7.11. The van der Waals surface area contributed by atoms with Crippen LogP contribution in [-0.2, 0) is 4.79 Å². The molecule has 0 radical (unpaired) electrons. The van der Waals surface area contributed by atoms with Crippen molar-refractivity contribution >= 4 is 35.7 Å². The van der Waals surface area contributed by atoms with Crippen LogP contribution < -0.4 is 15.6 Å². The van der Waals surface area contributed by atoms with Gasteiger partial charge in [0.1, 0.15) is 6.04 Å². The van der Waals surface area contributed by atoms with Crippen LogP contribution in [0.4, 0.5) is 4.79 Å². The van der Waals surface area contributed by atoms with E-state index in [1.807, 2.05) is 98.8 Å². The molecule has 1 heterocycles. The van der Waals surface area contributed by atoms with Crippen molar-refractivity contribution in [3.63, 3.8) is 0 Å². The van der Waals surface area contributed by atoms with Crippen LogP contribution in [0.5, 0.6) is 0 Å². The molecule has 1 aliphatic rings. The molecule has 1 atom stereocenters. The van der Waals surface area contributed by atoms with Crippen molar-refractivity contribution in [1.82, 2.24) is 9.47 Å². The fourth-order valence-electron chi connectivity index (χ4n) is 5.25. The quantitative estimate of drug-likeness (QED) is 0.239. The van der Waals surface area contributed by atoms with Crippen LogP contribution in [0.25, 0.3) is 0 Å². The zero-order chi connectivity index (χ0) is 24.4. The van der Waals surface area contributed by atoms with Crippen molar-refractivity contribution in [3.8, 4) is 0 Å². The molecule has 0 saturated carbocycles. The molecule has 174 valence electrons. The first-order valence-electron chi connectivity index (χ1n) is 11.9. The highest BCUT2D eigenvalue weighted by Gasteiger charge is 2.59. The van der Waals surface area contributed by atoms with Crippen LogP contribution in [-0.4, -0.2) is 35.7 Å². The molecule has 0 aromatic heterocycles. The minimum atomic E-state index is -3.29. The second-order valence-corrected chi connectivity index (χ2v) is 12.7. The summed E-state index contributed by atoms with van der Waals surface area (Å²) < 4.78 is 1.63. The molecule has 0 aliphatic carbocycles. The first kappa shape index (κ1) is 22.8. The Hall–Kier alpha value is -3.96. The van der Waals surface area contributed by atoms with Gasteiger partial charge in [-0.15, -0.1) is 0 Å². The zero-order valence-corrected chi connectivity index (χ0v) is 20.9. The summed E-state index contributed by atoms with van der Waals surface area (Å²) in [5, 5.41) is 2.99. The molecule has 1 saturated heterocycles. The van der Waals surface area contributed by atoms with Crippen LogP contribution in [0, 0.1) is 0 Å². The predicted octanol–water partition coefficient (Wildman–Crippen LogP) is 4.07. The maximum Gasteiger partial charge on any atom is 0.320 e. The molecular formula is C30H28N2O2Si. The van der Waals surface area contributed by atoms with E-state index in [1.54, 1.807) is 9.47 Å². The molecule has 1 unspecified atom stereocenters. The van der Waals surface area contributed by atoms with E-state index in [0.717, 1.165) is 21.1 Å². The molecule has 4 nitrogen and oxygen atoms in total. The lowest BCUT2D eigenvalue weighted by atomic mass is 10.1. The van der Waals surface area contributed by atoms with Crippen molar-refractivity contribution < 1.29 is 9.59 Å². The number of carbonyl (C=O) groups excluding carboxylic acids is 2. The molecule has 4 aromatic rings. The number of amides is 3. The van der Waals surface area contributed by atoms with Gasteiger partial charge in [-0.3, -0.25) is 9.36 Å². The minimum absolute atomic E-state index is 0.143. The Kier molecular flexibility index (Phi) is 6.10. The summed E-state index contributed by atoms with van der Waals surface area (Å²) in [5.74, 6) is -0.168. The summed E-state index contributed by atoms with van der Waals surface area (Å²) in [6.45, 7) is 3.95. The summed E-state index contributed by atoms with van der Waals surface area (Å²) in [7, 11) is -3.29. The maximum absolute atomic E-state index is 14.5. The fraction of sp³-hybridized carbons (Fsp3) is 0.133. The first-order valence-corrected chi connectivity index (χ1v) is 13.9. The van der Waals surface area contributed by atoms with Crippen molar-refractivity contribution in [2.45, 2.75) is 25.9 Å². The average Bonchev–Trinajstić information content (AvgIpc) is 3.18. The van der Waals surface area contributed by atoms with E-state index in [1.165, 1.54) is 0 Å². The van der Waals surface area contributed by atoms with Crippen LogP contribution in [0.15, 0.2) is 121 Å². The summed E-state index contributed by atoms with van der Waals surface area (Å²) in [4.78, 5) is 30.6. The van der Waals surface area contributed by atoms with Gasteiger partial charge in [-0.05, 0) is 35.0 Å². The van der Waals surface area contributed by atoms with Crippen LogP contribution >= 0.6 is 0 Å². The van der Waals surface area contributed by atoms with Crippen molar-refractivity contribution in [1.29, 1.82) is 0 Å². The Bertz CT molecular complexity index is 1220. The van der Waals surface area contributed by atoms with Gasteiger partial charge >= 0.3 is 6.03 Å². The van der Waals surface area contributed by atoms with E-state index < -0.39 is 14.3 Å². The molecule has 1 aliphatic heterocycles. The third kappa shape index (κ3) is 3.69. The number of urea groups is 1. The highest BCUT2D eigenvalue weighted by Crippen LogP contribution is 2.35. The largest absolute Gasteiger partial charge is 0.320 e. The molecule has 1 fully saturated rings. The van der Waals surface area contributed by atoms with E-state index in [9.17, 15) is 9.59 Å². The van der Waals surface area contributed by atoms with Gasteiger partial charge in [0.05, 0.1) is 0 Å². The van der Waals surface area contributed by atoms with E-state index in [4.69, 9.17) is 0 Å².